The maximum Gasteiger partial charge on any atom is 0.316 e. The average Bonchev–Trinajstić information content (AvgIpc) is 0.918. The number of nitrogens with zero attached hydrogens (tertiary/aromatic N) is 3. The van der Waals surface area contributed by atoms with E-state index < -0.39 is 0 Å². The fourth-order valence-electron chi connectivity index (χ4n) is 0. The van der Waals surface area contributed by atoms with Crippen molar-refractivity contribution >= 4 is 23.1 Å². The third-order valence-corrected chi connectivity index (χ3v) is 0. The summed E-state index contributed by atoms with van der Waals surface area (Å²) in [5.41, 5.74) is 13.5. The van der Waals surface area contributed by atoms with E-state index in [2.05, 4.69) is 0 Å². The second-order valence-corrected chi connectivity index (χ2v) is 0.0894. The van der Waals surface area contributed by atoms with Gasteiger partial charge in [0.2, 0.25) is 0 Å². The minimum absolute atomic E-state index is 0. The van der Waals surface area contributed by atoms with Gasteiger partial charge in [0.05, 0.1) is 0 Å². The fraction of sp³-hybridized carbons (Fsp3) is 0. The smallest absolute Gasteiger partial charge is 0.316 e. The lowest BCUT2D eigenvalue weighted by Crippen LogP contribution is -0.711. The molecule has 0 aromatic carbocycles. The van der Waals surface area contributed by atoms with E-state index in [1.54, 1.807) is 0 Å². The van der Waals surface area contributed by atoms with Crippen LogP contribution in [0.15, 0.2) is 0 Å². The van der Waals surface area contributed by atoms with Gasteiger partial charge >= 0.3 is 23.1 Å². The van der Waals surface area contributed by atoms with E-state index in [-0.39, 0.29) is 23.1 Å². The maximum atomic E-state index is 6.75. The Morgan fingerprint density at radius 3 is 1.25 bits per heavy atom. The number of rotatable bonds is 0. The van der Waals surface area contributed by atoms with Crippen LogP contribution in [0.2, 0.25) is 0 Å². The molecule has 0 aromatic rings. The van der Waals surface area contributed by atoms with Crippen LogP contribution < -0.4 is 0 Å². The van der Waals surface area contributed by atoms with Crippen LogP contribution in [0.4, 0.5) is 0 Å². The third-order valence-electron chi connectivity index (χ3n) is 0. The van der Waals surface area contributed by atoms with Gasteiger partial charge in [0.25, 0.3) is 0 Å². The zero-order valence-electron chi connectivity index (χ0n) is 1.34. The van der Waals surface area contributed by atoms with E-state index in [0.29, 0.717) is 0 Å². The highest BCUT2D eigenvalue weighted by molar-refractivity contribution is 5.75. The summed E-state index contributed by atoms with van der Waals surface area (Å²) in [5, 5.41) is 0. The maximum absolute atomic E-state index is 6.75. The van der Waals surface area contributed by atoms with Crippen molar-refractivity contribution in [2.75, 3.05) is 0 Å². The molecular formula is H2MgN3-. The van der Waals surface area contributed by atoms with Crippen LogP contribution in [-0.2, 0) is 0 Å². The van der Waals surface area contributed by atoms with E-state index >= 15 is 0 Å². The summed E-state index contributed by atoms with van der Waals surface area (Å²) in [6.45, 7) is 0. The van der Waals surface area contributed by atoms with Gasteiger partial charge in [-0.2, -0.15) is 0 Å². The van der Waals surface area contributed by atoms with Crippen molar-refractivity contribution in [2.24, 2.45) is 0 Å². The van der Waals surface area contributed by atoms with Gasteiger partial charge in [-0.25, -0.2) is 0 Å². The van der Waals surface area contributed by atoms with E-state index in [0.717, 1.165) is 0 Å². The summed E-state index contributed by atoms with van der Waals surface area (Å²) in [7, 11) is 0. The summed E-state index contributed by atoms with van der Waals surface area (Å²) in [5.74, 6) is 0. The molecule has 0 amide bonds. The fourth-order valence-corrected chi connectivity index (χ4v) is 0. The molecule has 0 heterocycles. The number of hydrogen-bond donors (Lipinski definition) is 0. The van der Waals surface area contributed by atoms with Crippen LogP contribution in [0, 0.1) is 0 Å². The highest BCUT2D eigenvalue weighted by Crippen LogP contribution is 1.29. The Bertz CT molecular complexity index is 24.3. The first-order valence-electron chi connectivity index (χ1n) is 0.400. The van der Waals surface area contributed by atoms with Crippen LogP contribution in [0.25, 0.3) is 16.0 Å². The molecule has 0 radical (unpaired) electrons. The molecule has 20 valence electrons. The van der Waals surface area contributed by atoms with E-state index in [4.69, 9.17) is 11.1 Å². The molecule has 0 N–H and O–H groups in total. The van der Waals surface area contributed by atoms with E-state index in [9.17, 15) is 0 Å². The minimum atomic E-state index is 0. The molecule has 0 aliphatic heterocycles. The second kappa shape index (κ2) is 11.4. The van der Waals surface area contributed by atoms with Crippen LogP contribution >= 0.6 is 0 Å². The topological polar surface area (TPSA) is 58.7 Å². The molecule has 4 heavy (non-hydrogen) atoms. The van der Waals surface area contributed by atoms with Crippen molar-refractivity contribution in [3.8, 4) is 0 Å². The van der Waals surface area contributed by atoms with Crippen LogP contribution in [0.5, 0.6) is 0 Å². The zero-order chi connectivity index (χ0) is 2.71. The molecule has 0 unspecified atom stereocenters. The Balaban J connectivity index is 0. The third kappa shape index (κ3) is 414. The largest absolute Gasteiger partial charge is 0.373 e. The standard InChI is InChI=1S/Mg.N3.2H/c;1-3-2;;/q;-1;;. The lowest BCUT2D eigenvalue weighted by Gasteiger charge is -1.31. The molecule has 0 bridgehead atoms. The Morgan fingerprint density at radius 2 is 1.25 bits per heavy atom. The van der Waals surface area contributed by atoms with E-state index in [1.807, 2.05) is 0 Å². The van der Waals surface area contributed by atoms with Gasteiger partial charge < -0.3 is 11.1 Å². The summed E-state index contributed by atoms with van der Waals surface area (Å²) in [6.07, 6.45) is 0. The van der Waals surface area contributed by atoms with Gasteiger partial charge in [-0.05, 0) is 0 Å². The summed E-state index contributed by atoms with van der Waals surface area (Å²) >= 11 is 0. The van der Waals surface area contributed by atoms with Crippen LogP contribution in [0.3, 0.4) is 0 Å². The first kappa shape index (κ1) is 8.95. The van der Waals surface area contributed by atoms with Gasteiger partial charge in [-0.3, -0.25) is 4.91 Å². The molecule has 4 heteroatoms. The molecule has 0 spiro atoms. The molecular weight excluding hydrogens is 66.3 g/mol. The van der Waals surface area contributed by atoms with Gasteiger partial charge in [-0.1, -0.05) is 0 Å². The van der Waals surface area contributed by atoms with Crippen molar-refractivity contribution in [3.05, 3.63) is 16.0 Å². The van der Waals surface area contributed by atoms with Gasteiger partial charge in [0.15, 0.2) is 0 Å². The predicted molar refractivity (Wildman–Crippen MR) is 18.6 cm³/mol. The Kier molecular flexibility index (Phi) is 25.6. The molecule has 0 saturated carbocycles. The van der Waals surface area contributed by atoms with Crippen molar-refractivity contribution in [1.82, 2.24) is 0 Å². The van der Waals surface area contributed by atoms with Crippen molar-refractivity contribution in [3.63, 3.8) is 0 Å². The van der Waals surface area contributed by atoms with Gasteiger partial charge in [0, 0.05) is 0 Å². The molecule has 0 rings (SSSR count). The molecule has 0 fully saturated rings. The normalized spacial score (nSPS) is 2.00. The lowest BCUT2D eigenvalue weighted by atomic mass is 13.0. The summed E-state index contributed by atoms with van der Waals surface area (Å²) in [6, 6.07) is 0. The molecule has 0 atom stereocenters. The van der Waals surface area contributed by atoms with E-state index in [1.165, 1.54) is 4.91 Å². The summed E-state index contributed by atoms with van der Waals surface area (Å²) < 4.78 is 0. The highest BCUT2D eigenvalue weighted by Gasteiger charge is 0.689. The first-order chi connectivity index (χ1) is 1.41. The molecule has 0 aromatic heterocycles. The van der Waals surface area contributed by atoms with Gasteiger partial charge in [0.1, 0.15) is 0 Å². The predicted octanol–water partition coefficient (Wildman–Crippen LogP) is -0.0501. The van der Waals surface area contributed by atoms with Crippen molar-refractivity contribution in [1.29, 1.82) is 0 Å². The van der Waals surface area contributed by atoms with Gasteiger partial charge in [-0.15, -0.1) is 0 Å². The Labute approximate surface area is 39.6 Å². The SMILES string of the molecule is [MgH2].[N-]=[N+]=[N-]. The Morgan fingerprint density at radius 1 is 1.25 bits per heavy atom. The quantitative estimate of drug-likeness (QED) is 0.165. The molecule has 0 saturated heterocycles. The zero-order valence-corrected chi connectivity index (χ0v) is 1.34. The number of hydrogen-bond acceptors (Lipinski definition) is 0. The van der Waals surface area contributed by atoms with Crippen molar-refractivity contribution in [2.45, 2.75) is 0 Å². The van der Waals surface area contributed by atoms with Crippen molar-refractivity contribution < 1.29 is 0 Å². The molecule has 0 aliphatic carbocycles. The van der Waals surface area contributed by atoms with Crippen LogP contribution in [-0.4, -0.2) is 23.1 Å². The monoisotopic (exact) mass is 68.0 g/mol. The van der Waals surface area contributed by atoms with Crippen LogP contribution in [0.1, 0.15) is 0 Å². The second-order valence-electron chi connectivity index (χ2n) is 0.0894. The highest BCUT2D eigenvalue weighted by atomic mass is 24.3. The average molecular weight is 68.3 g/mol. The Hall–Kier alpha value is 0.0762. The molecule has 0 aliphatic rings. The first-order valence-corrected chi connectivity index (χ1v) is 0.400. The minimum Gasteiger partial charge on any atom is -0.373 e. The lowest BCUT2D eigenvalue weighted by molar-refractivity contribution is 2.36. The molecule has 3 nitrogen and oxygen atoms in total. The summed E-state index contributed by atoms with van der Waals surface area (Å²) in [4.78, 5) is 1.50.